The molecule has 9 heteroatoms. The highest BCUT2D eigenvalue weighted by Crippen LogP contribution is 2.44. The van der Waals surface area contributed by atoms with Crippen molar-refractivity contribution in [1.82, 2.24) is 9.88 Å². The van der Waals surface area contributed by atoms with Crippen LogP contribution in [0.1, 0.15) is 29.2 Å². The lowest BCUT2D eigenvalue weighted by atomic mass is 9.92. The Morgan fingerprint density at radius 1 is 1.32 bits per heavy atom. The smallest absolute Gasteiger partial charge is 0.407 e. The minimum Gasteiger partial charge on any atom is -0.490 e. The Hall–Kier alpha value is -2.74. The van der Waals surface area contributed by atoms with E-state index in [4.69, 9.17) is 26.5 Å². The van der Waals surface area contributed by atoms with Crippen LogP contribution < -0.4 is 10.5 Å². The van der Waals surface area contributed by atoms with E-state index in [0.29, 0.717) is 23.9 Å². The lowest BCUT2D eigenvalue weighted by Crippen LogP contribution is -2.39. The zero-order valence-electron chi connectivity index (χ0n) is 15.0. The zero-order valence-corrected chi connectivity index (χ0v) is 15.7. The van der Waals surface area contributed by atoms with Crippen molar-refractivity contribution >= 4 is 23.6 Å². The summed E-state index contributed by atoms with van der Waals surface area (Å²) >= 11 is 5.91. The predicted molar refractivity (Wildman–Crippen MR) is 99.3 cm³/mol. The van der Waals surface area contributed by atoms with Crippen LogP contribution in [-0.2, 0) is 6.42 Å². The SMILES string of the molecule is NC(=O)c1coc(CC2[C@H]3C[C@@H](Oc4ccc(Cl)cc4)C[C@H]3CN2C(=O)O)n1. The van der Waals surface area contributed by atoms with Crippen LogP contribution in [0.2, 0.25) is 5.02 Å². The normalized spacial score (nSPS) is 26.2. The highest BCUT2D eigenvalue weighted by Gasteiger charge is 2.50. The quantitative estimate of drug-likeness (QED) is 0.789. The van der Waals surface area contributed by atoms with Crippen LogP contribution in [0.25, 0.3) is 0 Å². The lowest BCUT2D eigenvalue weighted by Gasteiger charge is -2.25. The number of primary amides is 1. The largest absolute Gasteiger partial charge is 0.490 e. The number of amides is 2. The van der Waals surface area contributed by atoms with Gasteiger partial charge in [-0.25, -0.2) is 9.78 Å². The molecule has 1 unspecified atom stereocenters. The third-order valence-corrected chi connectivity index (χ3v) is 5.83. The number of carboxylic acid groups (broad SMARTS) is 1. The number of carbonyl (C=O) groups excluding carboxylic acids is 1. The predicted octanol–water partition coefficient (Wildman–Crippen LogP) is 2.81. The molecular weight excluding hydrogens is 386 g/mol. The Morgan fingerprint density at radius 3 is 2.71 bits per heavy atom. The molecule has 2 amide bonds. The van der Waals surface area contributed by atoms with E-state index in [2.05, 4.69) is 4.98 Å². The fourth-order valence-electron chi connectivity index (χ4n) is 4.39. The summed E-state index contributed by atoms with van der Waals surface area (Å²) in [5, 5.41) is 10.2. The number of likely N-dealkylation sites (tertiary alicyclic amines) is 1. The monoisotopic (exact) mass is 405 g/mol. The van der Waals surface area contributed by atoms with Gasteiger partial charge in [0.1, 0.15) is 12.0 Å². The first-order chi connectivity index (χ1) is 13.4. The van der Waals surface area contributed by atoms with Crippen LogP contribution in [0.4, 0.5) is 4.79 Å². The van der Waals surface area contributed by atoms with Crippen LogP contribution in [0.3, 0.4) is 0 Å². The molecule has 1 aromatic heterocycles. The average Bonchev–Trinajstić information content (AvgIpc) is 3.33. The number of benzene rings is 1. The number of oxazole rings is 1. The maximum atomic E-state index is 11.7. The molecule has 3 N–H and O–H groups in total. The first-order valence-corrected chi connectivity index (χ1v) is 9.44. The molecule has 1 aromatic carbocycles. The van der Waals surface area contributed by atoms with Gasteiger partial charge in [-0.05, 0) is 48.9 Å². The summed E-state index contributed by atoms with van der Waals surface area (Å²) < 4.78 is 11.4. The molecule has 2 aliphatic rings. The number of hydrogen-bond acceptors (Lipinski definition) is 5. The van der Waals surface area contributed by atoms with Gasteiger partial charge in [-0.1, -0.05) is 11.6 Å². The minimum absolute atomic E-state index is 0.0142. The van der Waals surface area contributed by atoms with E-state index in [1.54, 1.807) is 12.1 Å². The molecular formula is C19H20ClN3O5. The lowest BCUT2D eigenvalue weighted by molar-refractivity contribution is 0.0995. The van der Waals surface area contributed by atoms with Crippen LogP contribution >= 0.6 is 11.6 Å². The Labute approximate surface area is 166 Å². The van der Waals surface area contributed by atoms with E-state index < -0.39 is 12.0 Å². The molecule has 2 aromatic rings. The number of fused-ring (bicyclic) bond motifs is 1. The maximum absolute atomic E-state index is 11.7. The number of halogens is 1. The number of ether oxygens (including phenoxy) is 1. The van der Waals surface area contributed by atoms with Crippen molar-refractivity contribution in [3.63, 3.8) is 0 Å². The van der Waals surface area contributed by atoms with Crippen LogP contribution in [-0.4, -0.2) is 45.7 Å². The van der Waals surface area contributed by atoms with Gasteiger partial charge in [0.15, 0.2) is 11.6 Å². The summed E-state index contributed by atoms with van der Waals surface area (Å²) in [6, 6.07) is 6.94. The molecule has 1 saturated heterocycles. The third-order valence-electron chi connectivity index (χ3n) is 5.58. The van der Waals surface area contributed by atoms with Crippen molar-refractivity contribution in [2.24, 2.45) is 17.6 Å². The number of nitrogens with zero attached hydrogens (tertiary/aromatic N) is 2. The highest BCUT2D eigenvalue weighted by atomic mass is 35.5. The van der Waals surface area contributed by atoms with E-state index in [-0.39, 0.29) is 29.7 Å². The zero-order chi connectivity index (χ0) is 19.8. The van der Waals surface area contributed by atoms with E-state index in [1.165, 1.54) is 11.2 Å². The second-order valence-electron chi connectivity index (χ2n) is 7.29. The molecule has 2 fully saturated rings. The molecule has 2 heterocycles. The second-order valence-corrected chi connectivity index (χ2v) is 7.72. The molecule has 8 nitrogen and oxygen atoms in total. The van der Waals surface area contributed by atoms with Crippen molar-refractivity contribution in [3.05, 3.63) is 47.1 Å². The van der Waals surface area contributed by atoms with E-state index in [0.717, 1.165) is 18.6 Å². The molecule has 0 radical (unpaired) electrons. The highest BCUT2D eigenvalue weighted by molar-refractivity contribution is 6.30. The fourth-order valence-corrected chi connectivity index (χ4v) is 4.51. The van der Waals surface area contributed by atoms with Crippen LogP contribution in [0, 0.1) is 11.8 Å². The van der Waals surface area contributed by atoms with Gasteiger partial charge < -0.3 is 24.9 Å². The van der Waals surface area contributed by atoms with E-state index >= 15 is 0 Å². The third kappa shape index (κ3) is 3.64. The molecule has 1 saturated carbocycles. The molecule has 0 spiro atoms. The standard InChI is InChI=1S/C19H20ClN3O5/c20-11-1-3-12(4-2-11)28-13-5-10-8-23(19(25)26)16(14(10)6-13)7-17-22-15(9-27-17)18(21)24/h1-4,9-10,13-14,16H,5-8H2,(H2,21,24)(H,25,26)/t10-,13-,14-,16?/m0/s1. The number of aromatic nitrogens is 1. The molecule has 28 heavy (non-hydrogen) atoms. The fraction of sp³-hybridized carbons (Fsp3) is 0.421. The van der Waals surface area contributed by atoms with Gasteiger partial charge in [-0.2, -0.15) is 0 Å². The van der Waals surface area contributed by atoms with Gasteiger partial charge in [-0.15, -0.1) is 0 Å². The molecule has 148 valence electrons. The molecule has 1 aliphatic carbocycles. The minimum atomic E-state index is -0.962. The van der Waals surface area contributed by atoms with Crippen molar-refractivity contribution < 1.29 is 23.8 Å². The van der Waals surface area contributed by atoms with Gasteiger partial charge in [0, 0.05) is 24.0 Å². The van der Waals surface area contributed by atoms with Gasteiger partial charge in [-0.3, -0.25) is 4.79 Å². The van der Waals surface area contributed by atoms with Crippen LogP contribution in [0.15, 0.2) is 34.9 Å². The summed E-state index contributed by atoms with van der Waals surface area (Å²) in [5.74, 6) is 0.737. The summed E-state index contributed by atoms with van der Waals surface area (Å²) in [5.41, 5.74) is 5.25. The van der Waals surface area contributed by atoms with Gasteiger partial charge in [0.05, 0.1) is 6.10 Å². The van der Waals surface area contributed by atoms with Gasteiger partial charge in [0.2, 0.25) is 0 Å². The van der Waals surface area contributed by atoms with E-state index in [1.807, 2.05) is 12.1 Å². The average molecular weight is 406 g/mol. The van der Waals surface area contributed by atoms with Crippen LogP contribution in [0.5, 0.6) is 5.75 Å². The number of nitrogens with two attached hydrogens (primary N) is 1. The molecule has 1 aliphatic heterocycles. The number of carbonyl (C=O) groups is 2. The Kier molecular flexibility index (Phi) is 4.89. The summed E-state index contributed by atoms with van der Waals surface area (Å²) in [6.45, 7) is 0.453. The van der Waals surface area contributed by atoms with Crippen molar-refractivity contribution in [1.29, 1.82) is 0 Å². The molecule has 0 bridgehead atoms. The first-order valence-electron chi connectivity index (χ1n) is 9.06. The van der Waals surface area contributed by atoms with Crippen molar-refractivity contribution in [2.45, 2.75) is 31.4 Å². The van der Waals surface area contributed by atoms with Crippen molar-refractivity contribution in [3.8, 4) is 5.75 Å². The van der Waals surface area contributed by atoms with Gasteiger partial charge in [0.25, 0.3) is 5.91 Å². The summed E-state index contributed by atoms with van der Waals surface area (Å²) in [7, 11) is 0. The van der Waals surface area contributed by atoms with Crippen molar-refractivity contribution in [2.75, 3.05) is 6.54 Å². The van der Waals surface area contributed by atoms with Gasteiger partial charge >= 0.3 is 6.09 Å². The molecule has 4 atom stereocenters. The topological polar surface area (TPSA) is 119 Å². The first kappa shape index (κ1) is 18.6. The number of rotatable bonds is 5. The van der Waals surface area contributed by atoms with E-state index in [9.17, 15) is 14.7 Å². The Morgan fingerprint density at radius 2 is 2.07 bits per heavy atom. The maximum Gasteiger partial charge on any atom is 0.407 e. The Balaban J connectivity index is 1.47. The molecule has 4 rings (SSSR count). The summed E-state index contributed by atoms with van der Waals surface area (Å²) in [6.07, 6.45) is 2.08. The second kappa shape index (κ2) is 7.35. The number of hydrogen-bond donors (Lipinski definition) is 2. The Bertz CT molecular complexity index is 884. The summed E-state index contributed by atoms with van der Waals surface area (Å²) in [4.78, 5) is 28.4.